The molecule has 0 nitrogen and oxygen atoms in total. The lowest BCUT2D eigenvalue weighted by atomic mass is 10.1. The summed E-state index contributed by atoms with van der Waals surface area (Å²) in [6.45, 7) is 9.02. The normalized spacial score (nSPS) is 10.7. The van der Waals surface area contributed by atoms with Gasteiger partial charge in [0.05, 0.1) is 0 Å². The lowest BCUT2D eigenvalue weighted by Gasteiger charge is -1.95. The number of hydrogen-bond acceptors (Lipinski definition) is 0. The van der Waals surface area contributed by atoms with Gasteiger partial charge in [0.2, 0.25) is 0 Å². The second-order valence-corrected chi connectivity index (χ2v) is 3.92. The van der Waals surface area contributed by atoms with Crippen LogP contribution in [0.3, 0.4) is 0 Å². The lowest BCUT2D eigenvalue weighted by Crippen LogP contribution is -1.75. The standard InChI is InChI=1S/C15H25/c1-3-5-7-9-11-13-15-14-12-10-8-6-4-2/h1,3-4,13,15H,2,5-12,14H2. The third-order valence-corrected chi connectivity index (χ3v) is 2.44. The van der Waals surface area contributed by atoms with E-state index in [4.69, 9.17) is 6.58 Å². The van der Waals surface area contributed by atoms with Crippen LogP contribution in [-0.4, -0.2) is 0 Å². The first-order valence-electron chi connectivity index (χ1n) is 6.21. The van der Waals surface area contributed by atoms with Crippen molar-refractivity contribution < 1.29 is 0 Å². The molecule has 0 aromatic heterocycles. The zero-order valence-electron chi connectivity index (χ0n) is 9.96. The van der Waals surface area contributed by atoms with E-state index >= 15 is 0 Å². The van der Waals surface area contributed by atoms with Gasteiger partial charge < -0.3 is 0 Å². The molecule has 0 bridgehead atoms. The Kier molecular flexibility index (Phi) is 12.5. The molecule has 0 atom stereocenters. The predicted molar refractivity (Wildman–Crippen MR) is 69.8 cm³/mol. The van der Waals surface area contributed by atoms with Gasteiger partial charge in [-0.2, -0.15) is 0 Å². The molecule has 85 valence electrons. The zero-order valence-corrected chi connectivity index (χ0v) is 9.96. The Morgan fingerprint density at radius 1 is 0.733 bits per heavy atom. The zero-order chi connectivity index (χ0) is 11.2. The van der Waals surface area contributed by atoms with Crippen molar-refractivity contribution in [3.05, 3.63) is 37.5 Å². The molecule has 0 heteroatoms. The minimum atomic E-state index is 1.05. The fourth-order valence-electron chi connectivity index (χ4n) is 1.49. The summed E-state index contributed by atoms with van der Waals surface area (Å²) in [7, 11) is 0. The van der Waals surface area contributed by atoms with E-state index in [2.05, 4.69) is 18.7 Å². The first kappa shape index (κ1) is 14.2. The maximum atomic E-state index is 5.30. The largest absolute Gasteiger partial charge is 0.103 e. The molecule has 0 aliphatic rings. The van der Waals surface area contributed by atoms with Crippen molar-refractivity contribution in [2.45, 2.75) is 57.8 Å². The molecule has 0 amide bonds. The van der Waals surface area contributed by atoms with E-state index in [1.807, 2.05) is 6.08 Å². The third-order valence-electron chi connectivity index (χ3n) is 2.44. The highest BCUT2D eigenvalue weighted by molar-refractivity contribution is 4.81. The van der Waals surface area contributed by atoms with Crippen molar-refractivity contribution >= 4 is 0 Å². The molecule has 0 aliphatic heterocycles. The van der Waals surface area contributed by atoms with Gasteiger partial charge in [0.1, 0.15) is 0 Å². The average molecular weight is 205 g/mol. The maximum absolute atomic E-state index is 5.30. The predicted octanol–water partition coefficient (Wildman–Crippen LogP) is 5.23. The molecule has 1 radical (unpaired) electrons. The molecule has 0 N–H and O–H groups in total. The van der Waals surface area contributed by atoms with Gasteiger partial charge in [-0.3, -0.25) is 0 Å². The topological polar surface area (TPSA) is 0 Å². The summed E-state index contributed by atoms with van der Waals surface area (Å²) in [5.41, 5.74) is 0. The highest BCUT2D eigenvalue weighted by Crippen LogP contribution is 2.05. The molecule has 0 spiro atoms. The minimum Gasteiger partial charge on any atom is -0.103 e. The van der Waals surface area contributed by atoms with Crippen LogP contribution in [0.2, 0.25) is 0 Å². The Bertz CT molecular complexity index is 165. The van der Waals surface area contributed by atoms with Crippen molar-refractivity contribution in [2.75, 3.05) is 0 Å². The first-order chi connectivity index (χ1) is 7.41. The molecule has 0 aliphatic carbocycles. The highest BCUT2D eigenvalue weighted by atomic mass is 13.9. The van der Waals surface area contributed by atoms with E-state index in [0.29, 0.717) is 0 Å². The molecule has 0 saturated carbocycles. The smallest absolute Gasteiger partial charge is 0.0347 e. The van der Waals surface area contributed by atoms with Crippen LogP contribution in [0.15, 0.2) is 30.9 Å². The van der Waals surface area contributed by atoms with E-state index in [1.54, 1.807) is 6.08 Å². The van der Waals surface area contributed by atoms with Gasteiger partial charge in [-0.05, 0) is 51.4 Å². The second-order valence-electron chi connectivity index (χ2n) is 3.92. The van der Waals surface area contributed by atoms with Crippen LogP contribution in [0.1, 0.15) is 57.8 Å². The van der Waals surface area contributed by atoms with Gasteiger partial charge in [0, 0.05) is 0 Å². The van der Waals surface area contributed by atoms with Gasteiger partial charge in [-0.1, -0.05) is 37.3 Å². The fraction of sp³-hybridized carbons (Fsp3) is 0.600. The lowest BCUT2D eigenvalue weighted by molar-refractivity contribution is 0.694. The van der Waals surface area contributed by atoms with Crippen LogP contribution in [0.5, 0.6) is 0 Å². The summed E-state index contributed by atoms with van der Waals surface area (Å²) in [5.74, 6) is 0. The molecule has 0 rings (SSSR count). The van der Waals surface area contributed by atoms with Gasteiger partial charge >= 0.3 is 0 Å². The first-order valence-corrected chi connectivity index (χ1v) is 6.21. The summed E-state index contributed by atoms with van der Waals surface area (Å²) in [6.07, 6.45) is 19.5. The Labute approximate surface area is 95.8 Å². The van der Waals surface area contributed by atoms with Crippen LogP contribution in [-0.2, 0) is 0 Å². The summed E-state index contributed by atoms with van der Waals surface area (Å²) < 4.78 is 0. The monoisotopic (exact) mass is 205 g/mol. The van der Waals surface area contributed by atoms with Crippen molar-refractivity contribution in [1.29, 1.82) is 0 Å². The molecule has 0 fully saturated rings. The third kappa shape index (κ3) is 13.2. The molecule has 0 saturated heterocycles. The Morgan fingerprint density at radius 2 is 1.27 bits per heavy atom. The molecule has 0 aromatic carbocycles. The molecule has 0 heterocycles. The van der Waals surface area contributed by atoms with E-state index < -0.39 is 0 Å². The molecular weight excluding hydrogens is 180 g/mol. The Hall–Kier alpha value is -0.780. The van der Waals surface area contributed by atoms with E-state index in [-0.39, 0.29) is 0 Å². The molecule has 0 unspecified atom stereocenters. The number of allylic oxidation sites excluding steroid dienone is 4. The second kappa shape index (κ2) is 13.2. The molecular formula is C15H25. The van der Waals surface area contributed by atoms with Gasteiger partial charge in [0.15, 0.2) is 0 Å². The van der Waals surface area contributed by atoms with Crippen LogP contribution >= 0.6 is 0 Å². The minimum absolute atomic E-state index is 1.05. The van der Waals surface area contributed by atoms with Crippen molar-refractivity contribution in [1.82, 2.24) is 0 Å². The van der Waals surface area contributed by atoms with Crippen molar-refractivity contribution in [3.63, 3.8) is 0 Å². The van der Waals surface area contributed by atoms with Crippen molar-refractivity contribution in [2.24, 2.45) is 0 Å². The average Bonchev–Trinajstić information content (AvgIpc) is 2.26. The van der Waals surface area contributed by atoms with Gasteiger partial charge in [-0.15, -0.1) is 6.58 Å². The maximum Gasteiger partial charge on any atom is -0.0347 e. The van der Waals surface area contributed by atoms with Crippen molar-refractivity contribution in [3.8, 4) is 0 Å². The Balaban J connectivity index is 3.03. The van der Waals surface area contributed by atoms with E-state index in [1.165, 1.54) is 51.4 Å². The highest BCUT2D eigenvalue weighted by Gasteiger charge is 1.85. The molecule has 15 heavy (non-hydrogen) atoms. The summed E-state index contributed by atoms with van der Waals surface area (Å²) in [5, 5.41) is 0. The number of hydrogen-bond donors (Lipinski definition) is 0. The van der Waals surface area contributed by atoms with Gasteiger partial charge in [0.25, 0.3) is 0 Å². The SMILES string of the molecule is [CH]=CCCCCC=CCCCCCC=C. The summed E-state index contributed by atoms with van der Waals surface area (Å²) in [6, 6.07) is 0. The Morgan fingerprint density at radius 3 is 1.87 bits per heavy atom. The number of rotatable bonds is 11. The van der Waals surface area contributed by atoms with Crippen LogP contribution < -0.4 is 0 Å². The van der Waals surface area contributed by atoms with E-state index in [9.17, 15) is 0 Å². The molecule has 0 aromatic rings. The van der Waals surface area contributed by atoms with E-state index in [0.717, 1.165) is 6.42 Å². The van der Waals surface area contributed by atoms with Crippen LogP contribution in [0.4, 0.5) is 0 Å². The quantitative estimate of drug-likeness (QED) is 0.320. The summed E-state index contributed by atoms with van der Waals surface area (Å²) in [4.78, 5) is 0. The summed E-state index contributed by atoms with van der Waals surface area (Å²) >= 11 is 0. The van der Waals surface area contributed by atoms with Gasteiger partial charge in [-0.25, -0.2) is 0 Å². The fourth-order valence-corrected chi connectivity index (χ4v) is 1.49. The van der Waals surface area contributed by atoms with Crippen LogP contribution in [0, 0.1) is 6.58 Å². The number of unbranched alkanes of at least 4 members (excludes halogenated alkanes) is 7. The van der Waals surface area contributed by atoms with Crippen LogP contribution in [0.25, 0.3) is 0 Å².